The molecule has 0 radical (unpaired) electrons. The normalized spacial score (nSPS) is 17.7. The smallest absolute Gasteiger partial charge is 0.348 e. The lowest BCUT2D eigenvalue weighted by atomic mass is 9.94. The summed E-state index contributed by atoms with van der Waals surface area (Å²) < 4.78 is 62.7. The van der Waals surface area contributed by atoms with Crippen molar-refractivity contribution >= 4 is 27.3 Å². The van der Waals surface area contributed by atoms with Gasteiger partial charge in [0, 0.05) is 25.2 Å². The number of hydrogen-bond acceptors (Lipinski definition) is 6. The second kappa shape index (κ2) is 11.2. The Morgan fingerprint density at radius 3 is 2.23 bits per heavy atom. The number of ketones is 1. The summed E-state index contributed by atoms with van der Waals surface area (Å²) in [5.41, 5.74) is 1.04. The lowest BCUT2D eigenvalue weighted by Gasteiger charge is -2.23. The number of benzene rings is 2. The van der Waals surface area contributed by atoms with Gasteiger partial charge < -0.3 is 10.2 Å². The van der Waals surface area contributed by atoms with E-state index in [-0.39, 0.29) is 34.8 Å². The molecule has 2 aromatic carbocycles. The first-order valence-corrected chi connectivity index (χ1v) is 14.0. The number of amides is 1. The molecule has 1 aromatic heterocycles. The average Bonchev–Trinajstić information content (AvgIpc) is 3.38. The zero-order valence-electron chi connectivity index (χ0n) is 21.4. The molecule has 4 rings (SSSR count). The van der Waals surface area contributed by atoms with E-state index in [0.717, 1.165) is 17.7 Å². The van der Waals surface area contributed by atoms with Crippen LogP contribution in [0.3, 0.4) is 0 Å². The maximum Gasteiger partial charge on any atom is 0.416 e. The predicted octanol–water partition coefficient (Wildman–Crippen LogP) is 4.78. The number of nitrogens with zero attached hydrogens (tertiary/aromatic N) is 2. The Labute approximate surface area is 225 Å². The molecule has 2 heterocycles. The monoisotopic (exact) mass is 559 g/mol. The van der Waals surface area contributed by atoms with Gasteiger partial charge in [0.15, 0.2) is 15.6 Å². The van der Waals surface area contributed by atoms with Crippen LogP contribution in [0.1, 0.15) is 53.2 Å². The highest BCUT2D eigenvalue weighted by molar-refractivity contribution is 7.91. The molecule has 1 amide bonds. The maximum absolute atomic E-state index is 12.9. The van der Waals surface area contributed by atoms with Crippen LogP contribution in [0, 0.1) is 0 Å². The zero-order chi connectivity index (χ0) is 28.4. The third kappa shape index (κ3) is 6.47. The summed E-state index contributed by atoms with van der Waals surface area (Å²) >= 11 is 0. The van der Waals surface area contributed by atoms with Crippen LogP contribution in [-0.2, 0) is 27.4 Å². The number of rotatable bonds is 8. The van der Waals surface area contributed by atoms with Crippen molar-refractivity contribution in [1.29, 1.82) is 0 Å². The van der Waals surface area contributed by atoms with E-state index in [1.165, 1.54) is 37.4 Å². The number of nitrogens with one attached hydrogen (secondary N) is 1. The predicted molar refractivity (Wildman–Crippen MR) is 140 cm³/mol. The molecule has 0 spiro atoms. The number of carbonyl (C=O) groups is 2. The molecule has 1 aliphatic rings. The second-order valence-corrected chi connectivity index (χ2v) is 11.7. The molecule has 1 N–H and O–H groups in total. The van der Waals surface area contributed by atoms with Crippen LogP contribution < -0.4 is 10.2 Å². The van der Waals surface area contributed by atoms with Crippen LogP contribution in [0.4, 0.5) is 19.0 Å². The summed E-state index contributed by atoms with van der Waals surface area (Å²) in [6.45, 7) is 3.64. The Bertz CT molecular complexity index is 1440. The lowest BCUT2D eigenvalue weighted by Crippen LogP contribution is -2.35. The molecule has 1 aliphatic heterocycles. The van der Waals surface area contributed by atoms with E-state index in [1.807, 2.05) is 4.90 Å². The number of anilines is 1. The molecule has 1 unspecified atom stereocenters. The van der Waals surface area contributed by atoms with Crippen LogP contribution in [0.2, 0.25) is 0 Å². The van der Waals surface area contributed by atoms with Gasteiger partial charge in [-0.2, -0.15) is 13.2 Å². The van der Waals surface area contributed by atoms with Crippen LogP contribution in [0.15, 0.2) is 71.8 Å². The fourth-order valence-electron chi connectivity index (χ4n) is 4.62. The molecular formula is C28H28F3N3O4S. The van der Waals surface area contributed by atoms with Gasteiger partial charge in [0.2, 0.25) is 0 Å². The molecule has 206 valence electrons. The number of hydrogen-bond donors (Lipinski definition) is 1. The fraction of sp³-hybridized carbons (Fsp3) is 0.321. The molecule has 39 heavy (non-hydrogen) atoms. The van der Waals surface area contributed by atoms with Crippen LogP contribution in [0.25, 0.3) is 0 Å². The Hall–Kier alpha value is -3.73. The van der Waals surface area contributed by atoms with E-state index in [1.54, 1.807) is 31.2 Å². The molecule has 1 saturated heterocycles. The fourth-order valence-corrected chi connectivity index (χ4v) is 5.50. The van der Waals surface area contributed by atoms with Gasteiger partial charge in [-0.15, -0.1) is 0 Å². The molecule has 0 saturated carbocycles. The second-order valence-electron chi connectivity index (χ2n) is 9.47. The van der Waals surface area contributed by atoms with Crippen molar-refractivity contribution in [3.05, 3.63) is 89.1 Å². The quantitative estimate of drug-likeness (QED) is 0.427. The van der Waals surface area contributed by atoms with E-state index in [0.29, 0.717) is 29.9 Å². The number of Topliss-reactive ketones (excluding diaryl/α,β-unsaturated/α-hetero) is 1. The minimum Gasteiger partial charge on any atom is -0.348 e. The molecular weight excluding hydrogens is 531 g/mol. The standard InChI is InChI=1S/C28H28F3N3O4S/c1-3-39(37,38)24-11-4-19(5-12-24)15-33-27(36)21-8-13-26(32-16-21)34-17-22(14-25(34)18(2)35)20-6-9-23(10-7-20)28(29,30)31/h4-13,16,22,25H,3,14-15,17H2,1-2H3,(H,33,36)/t22?,25-/m0/s1. The highest BCUT2D eigenvalue weighted by atomic mass is 32.2. The first-order chi connectivity index (χ1) is 18.4. The van der Waals surface area contributed by atoms with Gasteiger partial charge in [0.1, 0.15) is 5.82 Å². The Kier molecular flexibility index (Phi) is 8.10. The zero-order valence-corrected chi connectivity index (χ0v) is 22.2. The van der Waals surface area contributed by atoms with Crippen molar-refractivity contribution in [2.45, 2.75) is 49.8 Å². The summed E-state index contributed by atoms with van der Waals surface area (Å²) in [5, 5.41) is 2.77. The van der Waals surface area contributed by atoms with Crippen molar-refractivity contribution in [3.63, 3.8) is 0 Å². The number of sulfone groups is 1. The minimum atomic E-state index is -4.41. The van der Waals surface area contributed by atoms with E-state index < -0.39 is 27.6 Å². The largest absolute Gasteiger partial charge is 0.416 e. The first kappa shape index (κ1) is 28.3. The Morgan fingerprint density at radius 1 is 1.03 bits per heavy atom. The van der Waals surface area contributed by atoms with Gasteiger partial charge in [-0.05, 0) is 60.9 Å². The van der Waals surface area contributed by atoms with E-state index in [2.05, 4.69) is 10.3 Å². The number of halogens is 3. The summed E-state index contributed by atoms with van der Waals surface area (Å²) in [6, 6.07) is 14.1. The summed E-state index contributed by atoms with van der Waals surface area (Å²) in [4.78, 5) is 31.4. The minimum absolute atomic E-state index is 0.00633. The third-order valence-corrected chi connectivity index (χ3v) is 8.65. The Balaban J connectivity index is 1.41. The SMILES string of the molecule is CCS(=O)(=O)c1ccc(CNC(=O)c2ccc(N3CC(c4ccc(C(F)(F)F)cc4)C[C@H]3C(C)=O)nc2)cc1. The van der Waals surface area contributed by atoms with Gasteiger partial charge >= 0.3 is 6.18 Å². The molecule has 3 aromatic rings. The van der Waals surface area contributed by atoms with Gasteiger partial charge in [-0.3, -0.25) is 9.59 Å². The van der Waals surface area contributed by atoms with E-state index in [9.17, 15) is 31.2 Å². The summed E-state index contributed by atoms with van der Waals surface area (Å²) in [7, 11) is -3.30. The first-order valence-electron chi connectivity index (χ1n) is 12.4. The summed E-state index contributed by atoms with van der Waals surface area (Å²) in [5.74, 6) is -0.0948. The van der Waals surface area contributed by atoms with Crippen molar-refractivity contribution in [1.82, 2.24) is 10.3 Å². The molecule has 0 aliphatic carbocycles. The van der Waals surface area contributed by atoms with Gasteiger partial charge in [0.05, 0.1) is 27.8 Å². The highest BCUT2D eigenvalue weighted by Crippen LogP contribution is 2.36. The van der Waals surface area contributed by atoms with Gasteiger partial charge in [-0.25, -0.2) is 13.4 Å². The molecule has 1 fully saturated rings. The van der Waals surface area contributed by atoms with E-state index >= 15 is 0 Å². The average molecular weight is 560 g/mol. The number of carbonyl (C=O) groups excluding carboxylic acids is 2. The molecule has 2 atom stereocenters. The van der Waals surface area contributed by atoms with Crippen LogP contribution in [-0.4, -0.2) is 43.4 Å². The third-order valence-electron chi connectivity index (χ3n) is 6.90. The Morgan fingerprint density at radius 2 is 1.69 bits per heavy atom. The van der Waals surface area contributed by atoms with Crippen molar-refractivity contribution in [3.8, 4) is 0 Å². The van der Waals surface area contributed by atoms with Crippen molar-refractivity contribution < 1.29 is 31.2 Å². The van der Waals surface area contributed by atoms with Crippen LogP contribution in [0.5, 0.6) is 0 Å². The van der Waals surface area contributed by atoms with Crippen LogP contribution >= 0.6 is 0 Å². The van der Waals surface area contributed by atoms with Gasteiger partial charge in [-0.1, -0.05) is 31.2 Å². The van der Waals surface area contributed by atoms with Crippen molar-refractivity contribution in [2.24, 2.45) is 0 Å². The highest BCUT2D eigenvalue weighted by Gasteiger charge is 2.37. The topological polar surface area (TPSA) is 96.4 Å². The van der Waals surface area contributed by atoms with E-state index in [4.69, 9.17) is 0 Å². The molecule has 11 heteroatoms. The molecule has 7 nitrogen and oxygen atoms in total. The number of alkyl halides is 3. The molecule has 0 bridgehead atoms. The lowest BCUT2D eigenvalue weighted by molar-refractivity contribution is -0.137. The number of pyridine rings is 1. The summed E-state index contributed by atoms with van der Waals surface area (Å²) in [6.07, 6.45) is -2.56. The van der Waals surface area contributed by atoms with Gasteiger partial charge in [0.25, 0.3) is 5.91 Å². The van der Waals surface area contributed by atoms with Crippen molar-refractivity contribution in [2.75, 3.05) is 17.2 Å². The maximum atomic E-state index is 12.9. The number of aromatic nitrogens is 1.